The van der Waals surface area contributed by atoms with Gasteiger partial charge in [-0.2, -0.15) is 11.8 Å². The molecule has 2 aromatic rings. The smallest absolute Gasteiger partial charge is 0.287 e. The molecule has 5 heteroatoms. The number of benzene rings is 1. The SMILES string of the molecule is CSCc1ccc(C(=O)NCc2cccc(CO)c2)o1. The van der Waals surface area contributed by atoms with Gasteiger partial charge in [-0.1, -0.05) is 24.3 Å². The molecule has 1 aromatic carbocycles. The van der Waals surface area contributed by atoms with E-state index >= 15 is 0 Å². The van der Waals surface area contributed by atoms with E-state index in [9.17, 15) is 4.79 Å². The second-order valence-corrected chi connectivity index (χ2v) is 5.23. The first-order valence-corrected chi connectivity index (χ1v) is 7.67. The van der Waals surface area contributed by atoms with Crippen molar-refractivity contribution in [1.29, 1.82) is 0 Å². The Morgan fingerprint density at radius 1 is 1.30 bits per heavy atom. The molecule has 0 atom stereocenters. The van der Waals surface area contributed by atoms with E-state index < -0.39 is 0 Å². The van der Waals surface area contributed by atoms with Gasteiger partial charge >= 0.3 is 0 Å². The van der Waals surface area contributed by atoms with E-state index in [-0.39, 0.29) is 12.5 Å². The van der Waals surface area contributed by atoms with Crippen LogP contribution in [-0.2, 0) is 18.9 Å². The van der Waals surface area contributed by atoms with Gasteiger partial charge in [0.05, 0.1) is 12.4 Å². The predicted molar refractivity (Wildman–Crippen MR) is 79.5 cm³/mol. The lowest BCUT2D eigenvalue weighted by Crippen LogP contribution is -2.22. The van der Waals surface area contributed by atoms with Crippen molar-refractivity contribution in [3.8, 4) is 0 Å². The van der Waals surface area contributed by atoms with Crippen molar-refractivity contribution in [3.05, 3.63) is 59.0 Å². The fraction of sp³-hybridized carbons (Fsp3) is 0.267. The summed E-state index contributed by atoms with van der Waals surface area (Å²) in [6, 6.07) is 11.0. The van der Waals surface area contributed by atoms with Gasteiger partial charge in [0.1, 0.15) is 5.76 Å². The Balaban J connectivity index is 1.93. The molecule has 106 valence electrons. The van der Waals surface area contributed by atoms with Gasteiger partial charge in [0, 0.05) is 6.54 Å². The van der Waals surface area contributed by atoms with Crippen molar-refractivity contribution >= 4 is 17.7 Å². The summed E-state index contributed by atoms with van der Waals surface area (Å²) in [6.07, 6.45) is 1.98. The van der Waals surface area contributed by atoms with Crippen LogP contribution in [0.3, 0.4) is 0 Å². The molecule has 2 N–H and O–H groups in total. The highest BCUT2D eigenvalue weighted by molar-refractivity contribution is 7.97. The van der Waals surface area contributed by atoms with Crippen molar-refractivity contribution < 1.29 is 14.3 Å². The minimum absolute atomic E-state index is 0.00197. The minimum atomic E-state index is -0.230. The van der Waals surface area contributed by atoms with Gasteiger partial charge in [-0.3, -0.25) is 4.79 Å². The summed E-state index contributed by atoms with van der Waals surface area (Å²) < 4.78 is 5.45. The number of aliphatic hydroxyl groups is 1. The molecule has 1 aromatic heterocycles. The van der Waals surface area contributed by atoms with E-state index in [0.717, 1.165) is 22.6 Å². The number of carbonyl (C=O) groups excluding carboxylic acids is 1. The van der Waals surface area contributed by atoms with Gasteiger partial charge in [-0.05, 0) is 29.5 Å². The summed E-state index contributed by atoms with van der Waals surface area (Å²) in [5.41, 5.74) is 1.78. The maximum absolute atomic E-state index is 11.9. The first kappa shape index (κ1) is 14.7. The van der Waals surface area contributed by atoms with Crippen molar-refractivity contribution in [2.24, 2.45) is 0 Å². The first-order valence-electron chi connectivity index (χ1n) is 6.27. The lowest BCUT2D eigenvalue weighted by molar-refractivity contribution is 0.0921. The fourth-order valence-electron chi connectivity index (χ4n) is 1.83. The van der Waals surface area contributed by atoms with Crippen LogP contribution in [-0.4, -0.2) is 17.3 Å². The number of aliphatic hydroxyl groups excluding tert-OH is 1. The van der Waals surface area contributed by atoms with E-state index in [1.54, 1.807) is 17.8 Å². The Kier molecular flexibility index (Phi) is 5.26. The van der Waals surface area contributed by atoms with Crippen LogP contribution in [0, 0.1) is 0 Å². The molecular weight excluding hydrogens is 274 g/mol. The Bertz CT molecular complexity index is 580. The van der Waals surface area contributed by atoms with Crippen LogP contribution in [0.15, 0.2) is 40.8 Å². The fourth-order valence-corrected chi connectivity index (χ4v) is 2.27. The third-order valence-electron chi connectivity index (χ3n) is 2.80. The van der Waals surface area contributed by atoms with Crippen LogP contribution in [0.25, 0.3) is 0 Å². The Morgan fingerprint density at radius 3 is 2.85 bits per heavy atom. The van der Waals surface area contributed by atoms with Crippen LogP contribution in [0.5, 0.6) is 0 Å². The molecule has 2 rings (SSSR count). The van der Waals surface area contributed by atoms with Crippen molar-refractivity contribution in [3.63, 3.8) is 0 Å². The molecule has 0 unspecified atom stereocenters. The van der Waals surface area contributed by atoms with Crippen LogP contribution >= 0.6 is 11.8 Å². The summed E-state index contributed by atoms with van der Waals surface area (Å²) in [5, 5.41) is 11.9. The number of thioether (sulfide) groups is 1. The Morgan fingerprint density at radius 2 is 2.10 bits per heavy atom. The zero-order valence-corrected chi connectivity index (χ0v) is 12.1. The van der Waals surface area contributed by atoms with Gasteiger partial charge in [-0.25, -0.2) is 0 Å². The molecule has 4 nitrogen and oxygen atoms in total. The number of amides is 1. The van der Waals surface area contributed by atoms with Crippen LogP contribution in [0.2, 0.25) is 0 Å². The normalized spacial score (nSPS) is 10.5. The Labute approximate surface area is 122 Å². The molecular formula is C15H17NO3S. The maximum Gasteiger partial charge on any atom is 0.287 e. The van der Waals surface area contributed by atoms with Gasteiger partial charge in [0.2, 0.25) is 0 Å². The van der Waals surface area contributed by atoms with Gasteiger partial charge in [0.25, 0.3) is 5.91 Å². The third-order valence-corrected chi connectivity index (χ3v) is 3.37. The summed E-state index contributed by atoms with van der Waals surface area (Å²) in [6.45, 7) is 0.406. The molecule has 0 saturated heterocycles. The molecule has 1 amide bonds. The highest BCUT2D eigenvalue weighted by atomic mass is 32.2. The van der Waals surface area contributed by atoms with E-state index in [4.69, 9.17) is 9.52 Å². The third kappa shape index (κ3) is 3.88. The quantitative estimate of drug-likeness (QED) is 0.858. The van der Waals surface area contributed by atoms with Crippen LogP contribution < -0.4 is 5.32 Å². The molecule has 0 aliphatic carbocycles. The zero-order chi connectivity index (χ0) is 14.4. The number of carbonyl (C=O) groups is 1. The number of furan rings is 1. The second kappa shape index (κ2) is 7.17. The molecule has 20 heavy (non-hydrogen) atoms. The van der Waals surface area contributed by atoms with E-state index in [2.05, 4.69) is 5.32 Å². The molecule has 0 bridgehead atoms. The summed E-state index contributed by atoms with van der Waals surface area (Å²) >= 11 is 1.64. The van der Waals surface area contributed by atoms with Crippen LogP contribution in [0.4, 0.5) is 0 Å². The number of rotatable bonds is 6. The number of hydrogen-bond donors (Lipinski definition) is 2. The zero-order valence-electron chi connectivity index (χ0n) is 11.3. The lowest BCUT2D eigenvalue weighted by atomic mass is 10.1. The maximum atomic E-state index is 11.9. The molecule has 0 fully saturated rings. The molecule has 0 aliphatic heterocycles. The van der Waals surface area contributed by atoms with Gasteiger partial charge in [-0.15, -0.1) is 0 Å². The summed E-state index contributed by atoms with van der Waals surface area (Å²) in [7, 11) is 0. The highest BCUT2D eigenvalue weighted by Crippen LogP contribution is 2.13. The predicted octanol–water partition coefficient (Wildman–Crippen LogP) is 2.56. The van der Waals surface area contributed by atoms with Crippen molar-refractivity contribution in [1.82, 2.24) is 5.32 Å². The topological polar surface area (TPSA) is 62.5 Å². The second-order valence-electron chi connectivity index (χ2n) is 4.36. The lowest BCUT2D eigenvalue weighted by Gasteiger charge is -2.05. The highest BCUT2D eigenvalue weighted by Gasteiger charge is 2.10. The van der Waals surface area contributed by atoms with Crippen molar-refractivity contribution in [2.75, 3.05) is 6.26 Å². The monoisotopic (exact) mass is 291 g/mol. The Hall–Kier alpha value is -1.72. The van der Waals surface area contributed by atoms with Gasteiger partial charge in [0.15, 0.2) is 5.76 Å². The summed E-state index contributed by atoms with van der Waals surface area (Å²) in [5.74, 6) is 1.65. The number of hydrogen-bond acceptors (Lipinski definition) is 4. The van der Waals surface area contributed by atoms with E-state index in [0.29, 0.717) is 12.3 Å². The standard InChI is InChI=1S/C15H17NO3S/c1-20-10-13-5-6-14(19-13)15(18)16-8-11-3-2-4-12(7-11)9-17/h2-7,17H,8-10H2,1H3,(H,16,18). The van der Waals surface area contributed by atoms with Gasteiger partial charge < -0.3 is 14.8 Å². The average Bonchev–Trinajstić information content (AvgIpc) is 2.94. The molecule has 0 radical (unpaired) electrons. The van der Waals surface area contributed by atoms with E-state index in [1.165, 1.54) is 0 Å². The average molecular weight is 291 g/mol. The van der Waals surface area contributed by atoms with E-state index in [1.807, 2.05) is 36.6 Å². The van der Waals surface area contributed by atoms with Crippen LogP contribution in [0.1, 0.15) is 27.4 Å². The molecule has 0 aliphatic rings. The largest absolute Gasteiger partial charge is 0.455 e. The summed E-state index contributed by atoms with van der Waals surface area (Å²) in [4.78, 5) is 11.9. The minimum Gasteiger partial charge on any atom is -0.455 e. The van der Waals surface area contributed by atoms with Crippen molar-refractivity contribution in [2.45, 2.75) is 18.9 Å². The molecule has 0 spiro atoms. The molecule has 0 saturated carbocycles. The molecule has 1 heterocycles. The number of nitrogens with one attached hydrogen (secondary N) is 1. The first-order chi connectivity index (χ1) is 9.72.